The number of rotatable bonds is 3. The number of esters is 1. The van der Waals surface area contributed by atoms with E-state index in [2.05, 4.69) is 20.8 Å². The first kappa shape index (κ1) is 11.9. The van der Waals surface area contributed by atoms with E-state index in [1.54, 1.807) is 0 Å². The van der Waals surface area contributed by atoms with E-state index in [-0.39, 0.29) is 22.9 Å². The number of hydrogen-bond donors (Lipinski definition) is 0. The van der Waals surface area contributed by atoms with Gasteiger partial charge in [-0.05, 0) is 25.2 Å². The van der Waals surface area contributed by atoms with Crippen LogP contribution in [0.2, 0.25) is 0 Å². The summed E-state index contributed by atoms with van der Waals surface area (Å²) in [5, 5.41) is 0. The number of hydrogen-bond acceptors (Lipinski definition) is 3. The molecule has 0 amide bonds. The largest absolute Gasteiger partial charge is 0.466 e. The van der Waals surface area contributed by atoms with Gasteiger partial charge in [0.1, 0.15) is 0 Å². The van der Waals surface area contributed by atoms with Gasteiger partial charge in [-0.15, -0.1) is 0 Å². The first-order valence-corrected chi connectivity index (χ1v) is 6.17. The summed E-state index contributed by atoms with van der Waals surface area (Å²) in [4.78, 5) is 11.6. The molecule has 16 heavy (non-hydrogen) atoms. The molecular formula is C13H22O3. The Bertz CT molecular complexity index is 298. The second kappa shape index (κ2) is 3.73. The van der Waals surface area contributed by atoms with Gasteiger partial charge in [-0.2, -0.15) is 0 Å². The van der Waals surface area contributed by atoms with Gasteiger partial charge >= 0.3 is 5.97 Å². The van der Waals surface area contributed by atoms with E-state index >= 15 is 0 Å². The van der Waals surface area contributed by atoms with E-state index in [1.807, 2.05) is 6.92 Å². The van der Waals surface area contributed by atoms with E-state index in [4.69, 9.17) is 9.47 Å². The SMILES string of the molecule is CCOC(=O)C[C@]1(C)CC(C)(C)C[C@@H]2O[C@@H]21. The monoisotopic (exact) mass is 226 g/mol. The molecule has 0 aromatic rings. The summed E-state index contributed by atoms with van der Waals surface area (Å²) in [5.74, 6) is -0.0862. The smallest absolute Gasteiger partial charge is 0.306 e. The second-order valence-electron chi connectivity index (χ2n) is 6.28. The Labute approximate surface area is 97.5 Å². The van der Waals surface area contributed by atoms with E-state index in [0.29, 0.717) is 19.1 Å². The van der Waals surface area contributed by atoms with Gasteiger partial charge < -0.3 is 9.47 Å². The Kier molecular flexibility index (Phi) is 2.77. The van der Waals surface area contributed by atoms with Crippen molar-refractivity contribution < 1.29 is 14.3 Å². The third-order valence-electron chi connectivity index (χ3n) is 3.76. The molecule has 0 radical (unpaired) electrons. The number of carbonyl (C=O) groups is 1. The standard InChI is InChI=1S/C13H22O3/c1-5-15-10(14)7-13(4)8-12(2,3)6-9-11(13)16-9/h9,11H,5-8H2,1-4H3/t9-,11-,13+/m0/s1. The Balaban J connectivity index is 2.03. The van der Waals surface area contributed by atoms with Gasteiger partial charge in [0.25, 0.3) is 0 Å². The molecule has 0 aromatic carbocycles. The molecule has 2 fully saturated rings. The molecular weight excluding hydrogens is 204 g/mol. The average Bonchev–Trinajstić information content (AvgIpc) is 2.80. The molecule has 1 aliphatic carbocycles. The number of carbonyl (C=O) groups excluding carboxylic acids is 1. The van der Waals surface area contributed by atoms with Crippen LogP contribution in [-0.2, 0) is 14.3 Å². The quantitative estimate of drug-likeness (QED) is 0.548. The van der Waals surface area contributed by atoms with Crippen molar-refractivity contribution >= 4 is 5.97 Å². The Morgan fingerprint density at radius 1 is 1.44 bits per heavy atom. The van der Waals surface area contributed by atoms with Gasteiger partial charge in [0, 0.05) is 5.41 Å². The van der Waals surface area contributed by atoms with Crippen LogP contribution in [-0.4, -0.2) is 24.8 Å². The lowest BCUT2D eigenvalue weighted by molar-refractivity contribution is -0.146. The maximum Gasteiger partial charge on any atom is 0.306 e. The fourth-order valence-corrected chi connectivity index (χ4v) is 3.43. The minimum Gasteiger partial charge on any atom is -0.466 e. The first-order valence-electron chi connectivity index (χ1n) is 6.17. The maximum absolute atomic E-state index is 11.6. The van der Waals surface area contributed by atoms with Crippen LogP contribution in [0.5, 0.6) is 0 Å². The van der Waals surface area contributed by atoms with Crippen LogP contribution >= 0.6 is 0 Å². The van der Waals surface area contributed by atoms with Crippen LogP contribution < -0.4 is 0 Å². The molecule has 1 saturated carbocycles. The number of epoxide rings is 1. The van der Waals surface area contributed by atoms with E-state index in [9.17, 15) is 4.79 Å². The highest BCUT2D eigenvalue weighted by atomic mass is 16.6. The molecule has 2 rings (SSSR count). The summed E-state index contributed by atoms with van der Waals surface area (Å²) in [6.07, 6.45) is 3.31. The summed E-state index contributed by atoms with van der Waals surface area (Å²) in [6.45, 7) is 8.99. The van der Waals surface area contributed by atoms with Crippen molar-refractivity contribution in [2.75, 3.05) is 6.61 Å². The number of ether oxygens (including phenoxy) is 2. The van der Waals surface area contributed by atoms with Crippen LogP contribution in [0.25, 0.3) is 0 Å². The normalized spacial score (nSPS) is 40.0. The summed E-state index contributed by atoms with van der Waals surface area (Å²) >= 11 is 0. The first-order chi connectivity index (χ1) is 7.36. The predicted octanol–water partition coefficient (Wildman–Crippen LogP) is 2.53. The van der Waals surface area contributed by atoms with Crippen LogP contribution in [0.4, 0.5) is 0 Å². The Morgan fingerprint density at radius 3 is 2.75 bits per heavy atom. The summed E-state index contributed by atoms with van der Waals surface area (Å²) in [5.41, 5.74) is 0.248. The van der Waals surface area contributed by atoms with Gasteiger partial charge in [-0.1, -0.05) is 20.8 Å². The molecule has 0 N–H and O–H groups in total. The molecule has 0 unspecified atom stereocenters. The number of fused-ring (bicyclic) bond motifs is 1. The molecule has 1 heterocycles. The van der Waals surface area contributed by atoms with Crippen molar-refractivity contribution in [3.05, 3.63) is 0 Å². The summed E-state index contributed by atoms with van der Waals surface area (Å²) in [7, 11) is 0. The lowest BCUT2D eigenvalue weighted by atomic mass is 9.63. The fourth-order valence-electron chi connectivity index (χ4n) is 3.43. The third-order valence-corrected chi connectivity index (χ3v) is 3.76. The van der Waals surface area contributed by atoms with Crippen LogP contribution in [0.1, 0.15) is 47.0 Å². The van der Waals surface area contributed by atoms with Gasteiger partial charge in [0.2, 0.25) is 0 Å². The fraction of sp³-hybridized carbons (Fsp3) is 0.923. The van der Waals surface area contributed by atoms with E-state index in [0.717, 1.165) is 12.8 Å². The molecule has 92 valence electrons. The highest BCUT2D eigenvalue weighted by Crippen LogP contribution is 2.57. The molecule has 1 saturated heterocycles. The molecule has 0 aromatic heterocycles. The molecule has 3 heteroatoms. The van der Waals surface area contributed by atoms with Crippen molar-refractivity contribution in [1.82, 2.24) is 0 Å². The van der Waals surface area contributed by atoms with Crippen molar-refractivity contribution in [3.8, 4) is 0 Å². The summed E-state index contributed by atoms with van der Waals surface area (Å²) in [6, 6.07) is 0. The van der Waals surface area contributed by atoms with Crippen molar-refractivity contribution in [2.24, 2.45) is 10.8 Å². The molecule has 1 aliphatic heterocycles. The Morgan fingerprint density at radius 2 is 2.12 bits per heavy atom. The summed E-state index contributed by atoms with van der Waals surface area (Å²) < 4.78 is 10.8. The van der Waals surface area contributed by atoms with Gasteiger partial charge in [0.15, 0.2) is 0 Å². The van der Waals surface area contributed by atoms with E-state index in [1.165, 1.54) is 0 Å². The van der Waals surface area contributed by atoms with Gasteiger partial charge in [-0.3, -0.25) is 4.79 Å². The van der Waals surface area contributed by atoms with Crippen LogP contribution in [0.3, 0.4) is 0 Å². The molecule has 3 atom stereocenters. The zero-order valence-electron chi connectivity index (χ0n) is 10.7. The lowest BCUT2D eigenvalue weighted by Gasteiger charge is -2.39. The zero-order chi connectivity index (χ0) is 12.0. The molecule has 2 aliphatic rings. The molecule has 3 nitrogen and oxygen atoms in total. The molecule has 0 bridgehead atoms. The molecule has 0 spiro atoms. The highest BCUT2D eigenvalue weighted by molar-refractivity contribution is 5.70. The van der Waals surface area contributed by atoms with Gasteiger partial charge in [0.05, 0.1) is 25.2 Å². The minimum absolute atomic E-state index is 0.0291. The van der Waals surface area contributed by atoms with E-state index < -0.39 is 0 Å². The average molecular weight is 226 g/mol. The lowest BCUT2D eigenvalue weighted by Crippen LogP contribution is -2.39. The predicted molar refractivity (Wildman–Crippen MR) is 61.0 cm³/mol. The maximum atomic E-state index is 11.6. The van der Waals surface area contributed by atoms with Crippen LogP contribution in [0.15, 0.2) is 0 Å². The second-order valence-corrected chi connectivity index (χ2v) is 6.28. The van der Waals surface area contributed by atoms with Gasteiger partial charge in [-0.25, -0.2) is 0 Å². The minimum atomic E-state index is -0.0862. The van der Waals surface area contributed by atoms with Crippen molar-refractivity contribution in [1.29, 1.82) is 0 Å². The van der Waals surface area contributed by atoms with Crippen molar-refractivity contribution in [3.63, 3.8) is 0 Å². The highest BCUT2D eigenvalue weighted by Gasteiger charge is 2.59. The zero-order valence-corrected chi connectivity index (χ0v) is 10.7. The van der Waals surface area contributed by atoms with Crippen LogP contribution in [0, 0.1) is 10.8 Å². The van der Waals surface area contributed by atoms with Crippen molar-refractivity contribution in [2.45, 2.75) is 59.2 Å². The Hall–Kier alpha value is -0.570. The third kappa shape index (κ3) is 2.24. The topological polar surface area (TPSA) is 38.8 Å².